The quantitative estimate of drug-likeness (QED) is 0.789. The molecule has 0 aliphatic heterocycles. The van der Waals surface area contributed by atoms with Gasteiger partial charge in [-0.15, -0.1) is 11.6 Å². The van der Waals surface area contributed by atoms with Gasteiger partial charge in [0.05, 0.1) is 0 Å². The van der Waals surface area contributed by atoms with Gasteiger partial charge in [0.15, 0.2) is 0 Å². The Balaban J connectivity index is 1.97. The van der Waals surface area contributed by atoms with Gasteiger partial charge in [-0.3, -0.25) is 4.79 Å². The molecule has 0 aliphatic carbocycles. The van der Waals surface area contributed by atoms with E-state index in [4.69, 9.17) is 16.3 Å². The zero-order valence-electron chi connectivity index (χ0n) is 12.1. The van der Waals surface area contributed by atoms with Crippen LogP contribution in [0.25, 0.3) is 0 Å². The Labute approximate surface area is 130 Å². The van der Waals surface area contributed by atoms with Crippen LogP contribution in [-0.2, 0) is 11.4 Å². The molecular formula is C17H18ClNO2. The van der Waals surface area contributed by atoms with Gasteiger partial charge in [-0.05, 0) is 23.3 Å². The van der Waals surface area contributed by atoms with E-state index in [1.165, 1.54) is 4.90 Å². The first kappa shape index (κ1) is 15.4. The Morgan fingerprint density at radius 1 is 1.10 bits per heavy atom. The summed E-state index contributed by atoms with van der Waals surface area (Å²) in [4.78, 5) is 13.3. The molecule has 1 unspecified atom stereocenters. The summed E-state index contributed by atoms with van der Waals surface area (Å²) in [5.74, 6) is 0.624. The van der Waals surface area contributed by atoms with Gasteiger partial charge in [0.25, 0.3) is 0 Å². The Hall–Kier alpha value is -2.00. The molecule has 0 heterocycles. The molecule has 0 saturated heterocycles. The number of amides is 1. The summed E-state index contributed by atoms with van der Waals surface area (Å²) in [6.45, 7) is 0.515. The third-order valence-electron chi connectivity index (χ3n) is 3.08. The number of hydrogen-bond acceptors (Lipinski definition) is 2. The molecule has 1 amide bonds. The van der Waals surface area contributed by atoms with E-state index in [9.17, 15) is 4.79 Å². The SMILES string of the molecule is CN(C)C(=O)C(Cl)c1ccc(OCc2ccccc2)cc1. The van der Waals surface area contributed by atoms with Crippen molar-refractivity contribution in [3.8, 4) is 5.75 Å². The monoisotopic (exact) mass is 303 g/mol. The fourth-order valence-corrected chi connectivity index (χ4v) is 2.18. The van der Waals surface area contributed by atoms with Crippen molar-refractivity contribution in [2.24, 2.45) is 0 Å². The number of alkyl halides is 1. The summed E-state index contributed by atoms with van der Waals surface area (Å²) >= 11 is 6.14. The fourth-order valence-electron chi connectivity index (χ4n) is 1.84. The average molecular weight is 304 g/mol. The Morgan fingerprint density at radius 2 is 1.71 bits per heavy atom. The number of carbonyl (C=O) groups excluding carboxylic acids is 1. The van der Waals surface area contributed by atoms with Gasteiger partial charge in [0.1, 0.15) is 17.7 Å². The van der Waals surface area contributed by atoms with Crippen LogP contribution in [0.2, 0.25) is 0 Å². The average Bonchev–Trinajstić information content (AvgIpc) is 2.53. The number of benzene rings is 2. The van der Waals surface area contributed by atoms with Crippen molar-refractivity contribution in [2.45, 2.75) is 12.0 Å². The number of likely N-dealkylation sites (N-methyl/N-ethyl adjacent to an activating group) is 1. The lowest BCUT2D eigenvalue weighted by molar-refractivity contribution is -0.128. The highest BCUT2D eigenvalue weighted by atomic mass is 35.5. The van der Waals surface area contributed by atoms with Crippen LogP contribution in [0.1, 0.15) is 16.5 Å². The minimum absolute atomic E-state index is 0.130. The lowest BCUT2D eigenvalue weighted by Gasteiger charge is -2.15. The Morgan fingerprint density at radius 3 is 2.29 bits per heavy atom. The maximum atomic E-state index is 11.8. The largest absolute Gasteiger partial charge is 0.489 e. The second-order valence-electron chi connectivity index (χ2n) is 4.94. The lowest BCUT2D eigenvalue weighted by Crippen LogP contribution is -2.25. The van der Waals surface area contributed by atoms with Crippen molar-refractivity contribution in [3.63, 3.8) is 0 Å². The first-order valence-electron chi connectivity index (χ1n) is 6.70. The first-order chi connectivity index (χ1) is 10.1. The Kier molecular flexibility index (Phi) is 5.23. The van der Waals surface area contributed by atoms with Gasteiger partial charge in [-0.25, -0.2) is 0 Å². The molecule has 2 aromatic rings. The summed E-state index contributed by atoms with van der Waals surface area (Å²) in [7, 11) is 3.38. The van der Waals surface area contributed by atoms with Crippen LogP contribution in [0.3, 0.4) is 0 Å². The van der Waals surface area contributed by atoms with Crippen LogP contribution >= 0.6 is 11.6 Å². The zero-order valence-corrected chi connectivity index (χ0v) is 12.9. The molecule has 0 saturated carbocycles. The molecule has 0 aromatic heterocycles. The third-order valence-corrected chi connectivity index (χ3v) is 3.52. The molecule has 2 aromatic carbocycles. The molecule has 4 heteroatoms. The summed E-state index contributed by atoms with van der Waals surface area (Å²) in [5.41, 5.74) is 1.88. The maximum absolute atomic E-state index is 11.8. The number of carbonyl (C=O) groups is 1. The standard InChI is InChI=1S/C17H18ClNO2/c1-19(2)17(20)16(18)14-8-10-15(11-9-14)21-12-13-6-4-3-5-7-13/h3-11,16H,12H2,1-2H3. The molecule has 0 N–H and O–H groups in total. The van der Waals surface area contributed by atoms with Gasteiger partial charge in [-0.1, -0.05) is 42.5 Å². The van der Waals surface area contributed by atoms with Crippen molar-refractivity contribution in [1.82, 2.24) is 4.90 Å². The van der Waals surface area contributed by atoms with Gasteiger partial charge in [0.2, 0.25) is 5.91 Å². The molecule has 2 rings (SSSR count). The summed E-state index contributed by atoms with van der Waals surface area (Å²) in [5, 5.41) is -0.664. The van der Waals surface area contributed by atoms with Crippen molar-refractivity contribution in [2.75, 3.05) is 14.1 Å². The van der Waals surface area contributed by atoms with Gasteiger partial charge in [0, 0.05) is 14.1 Å². The molecule has 0 bridgehead atoms. The highest BCUT2D eigenvalue weighted by molar-refractivity contribution is 6.30. The highest BCUT2D eigenvalue weighted by Gasteiger charge is 2.19. The number of halogens is 1. The van der Waals surface area contributed by atoms with Crippen LogP contribution in [0.4, 0.5) is 0 Å². The van der Waals surface area contributed by atoms with E-state index in [1.807, 2.05) is 54.6 Å². The van der Waals surface area contributed by atoms with Crippen LogP contribution in [-0.4, -0.2) is 24.9 Å². The summed E-state index contributed by atoms with van der Waals surface area (Å²) < 4.78 is 5.70. The molecule has 21 heavy (non-hydrogen) atoms. The van der Waals surface area contributed by atoms with E-state index in [-0.39, 0.29) is 5.91 Å². The molecule has 110 valence electrons. The predicted octanol–water partition coefficient (Wildman–Crippen LogP) is 3.63. The van der Waals surface area contributed by atoms with E-state index in [2.05, 4.69) is 0 Å². The zero-order chi connectivity index (χ0) is 15.2. The molecular weight excluding hydrogens is 286 g/mol. The molecule has 0 aliphatic rings. The van der Waals surface area contributed by atoms with Crippen LogP contribution < -0.4 is 4.74 Å². The Bertz CT molecular complexity index is 581. The molecule has 0 fully saturated rings. The van der Waals surface area contributed by atoms with E-state index in [0.29, 0.717) is 6.61 Å². The number of rotatable bonds is 5. The fraction of sp³-hybridized carbons (Fsp3) is 0.235. The second-order valence-corrected chi connectivity index (χ2v) is 5.37. The predicted molar refractivity (Wildman–Crippen MR) is 84.5 cm³/mol. The number of nitrogens with zero attached hydrogens (tertiary/aromatic N) is 1. The molecule has 1 atom stereocenters. The van der Waals surface area contributed by atoms with Crippen molar-refractivity contribution < 1.29 is 9.53 Å². The summed E-state index contributed by atoms with van der Waals surface area (Å²) in [6.07, 6.45) is 0. The van der Waals surface area contributed by atoms with E-state index in [1.54, 1.807) is 14.1 Å². The second kappa shape index (κ2) is 7.14. The molecule has 0 radical (unpaired) electrons. The van der Waals surface area contributed by atoms with Gasteiger partial charge in [-0.2, -0.15) is 0 Å². The third kappa shape index (κ3) is 4.23. The first-order valence-corrected chi connectivity index (χ1v) is 7.13. The van der Waals surface area contributed by atoms with E-state index < -0.39 is 5.38 Å². The lowest BCUT2D eigenvalue weighted by atomic mass is 10.1. The molecule has 0 spiro atoms. The van der Waals surface area contributed by atoms with Crippen molar-refractivity contribution >= 4 is 17.5 Å². The smallest absolute Gasteiger partial charge is 0.244 e. The summed E-state index contributed by atoms with van der Waals surface area (Å²) in [6, 6.07) is 17.3. The minimum atomic E-state index is -0.664. The van der Waals surface area contributed by atoms with Crippen molar-refractivity contribution in [1.29, 1.82) is 0 Å². The molecule has 3 nitrogen and oxygen atoms in total. The van der Waals surface area contributed by atoms with Crippen LogP contribution in [0.15, 0.2) is 54.6 Å². The minimum Gasteiger partial charge on any atom is -0.489 e. The van der Waals surface area contributed by atoms with E-state index in [0.717, 1.165) is 16.9 Å². The normalized spacial score (nSPS) is 11.8. The van der Waals surface area contributed by atoms with E-state index >= 15 is 0 Å². The number of ether oxygens (including phenoxy) is 1. The van der Waals surface area contributed by atoms with Gasteiger partial charge < -0.3 is 9.64 Å². The highest BCUT2D eigenvalue weighted by Crippen LogP contribution is 2.24. The number of hydrogen-bond donors (Lipinski definition) is 0. The van der Waals surface area contributed by atoms with Crippen molar-refractivity contribution in [3.05, 3.63) is 65.7 Å². The van der Waals surface area contributed by atoms with Gasteiger partial charge >= 0.3 is 0 Å². The maximum Gasteiger partial charge on any atom is 0.244 e. The topological polar surface area (TPSA) is 29.5 Å². The van der Waals surface area contributed by atoms with Crippen LogP contribution in [0, 0.1) is 0 Å². The van der Waals surface area contributed by atoms with Crippen LogP contribution in [0.5, 0.6) is 5.75 Å².